The maximum Gasteiger partial charge on any atom is 0.409 e. The van der Waals surface area contributed by atoms with Crippen LogP contribution in [0.25, 0.3) is 0 Å². The minimum atomic E-state index is -0.364. The number of nitrogens with two attached hydrogens (primary N) is 1. The lowest BCUT2D eigenvalue weighted by molar-refractivity contribution is -0.125. The predicted molar refractivity (Wildman–Crippen MR) is 71.8 cm³/mol. The third-order valence-electron chi connectivity index (χ3n) is 3.02. The summed E-state index contributed by atoms with van der Waals surface area (Å²) in [6.45, 7) is 3.02. The van der Waals surface area contributed by atoms with Crippen molar-refractivity contribution >= 4 is 17.9 Å². The first kappa shape index (κ1) is 16.2. The average Bonchev–Trinajstić information content (AvgIpc) is 2.45. The summed E-state index contributed by atoms with van der Waals surface area (Å²) in [6.07, 6.45) is 1.04. The summed E-state index contributed by atoms with van der Waals surface area (Å²) in [5.41, 5.74) is 5.12. The van der Waals surface area contributed by atoms with E-state index in [0.29, 0.717) is 32.5 Å². The number of likely N-dealkylation sites (tertiary alicyclic amines) is 1. The van der Waals surface area contributed by atoms with Crippen molar-refractivity contribution in [1.82, 2.24) is 15.5 Å². The van der Waals surface area contributed by atoms with Crippen LogP contribution in [0, 0.1) is 0 Å². The number of hydrogen-bond acceptors (Lipinski definition) is 5. The van der Waals surface area contributed by atoms with Gasteiger partial charge >= 0.3 is 6.09 Å². The molecule has 1 fully saturated rings. The van der Waals surface area contributed by atoms with E-state index in [0.717, 1.165) is 0 Å². The van der Waals surface area contributed by atoms with Crippen molar-refractivity contribution in [3.63, 3.8) is 0 Å². The summed E-state index contributed by atoms with van der Waals surface area (Å²) >= 11 is 0. The van der Waals surface area contributed by atoms with Crippen LogP contribution < -0.4 is 16.4 Å². The van der Waals surface area contributed by atoms with Gasteiger partial charge in [0, 0.05) is 19.1 Å². The summed E-state index contributed by atoms with van der Waals surface area (Å²) < 4.78 is 4.92. The lowest BCUT2D eigenvalue weighted by atomic mass is 10.1. The molecule has 1 heterocycles. The zero-order valence-electron chi connectivity index (χ0n) is 11.7. The molecule has 0 aliphatic carbocycles. The van der Waals surface area contributed by atoms with Crippen molar-refractivity contribution in [2.24, 2.45) is 5.73 Å². The highest BCUT2D eigenvalue weighted by Gasteiger charge is 2.24. The maximum atomic E-state index is 11.6. The van der Waals surface area contributed by atoms with E-state index in [1.165, 1.54) is 0 Å². The number of piperidine rings is 1. The molecule has 0 atom stereocenters. The van der Waals surface area contributed by atoms with E-state index in [2.05, 4.69) is 10.6 Å². The van der Waals surface area contributed by atoms with E-state index >= 15 is 0 Å². The lowest BCUT2D eigenvalue weighted by Crippen LogP contribution is -2.49. The Bertz CT molecular complexity index is 353. The van der Waals surface area contributed by atoms with Crippen LogP contribution in [-0.4, -0.2) is 61.6 Å². The third kappa shape index (κ3) is 5.43. The normalized spacial score (nSPS) is 15.6. The van der Waals surface area contributed by atoms with Crippen LogP contribution in [0.3, 0.4) is 0 Å². The lowest BCUT2D eigenvalue weighted by Gasteiger charge is -2.31. The van der Waals surface area contributed by atoms with Crippen molar-refractivity contribution in [2.75, 3.05) is 32.8 Å². The van der Waals surface area contributed by atoms with E-state index in [-0.39, 0.29) is 37.0 Å². The van der Waals surface area contributed by atoms with Crippen LogP contribution in [0.15, 0.2) is 0 Å². The number of rotatable bonds is 5. The minimum Gasteiger partial charge on any atom is -0.450 e. The zero-order valence-corrected chi connectivity index (χ0v) is 11.7. The molecule has 114 valence electrons. The van der Waals surface area contributed by atoms with Crippen LogP contribution in [0.5, 0.6) is 0 Å². The molecular formula is C12H22N4O4. The Morgan fingerprint density at radius 3 is 2.45 bits per heavy atom. The van der Waals surface area contributed by atoms with E-state index in [4.69, 9.17) is 10.5 Å². The van der Waals surface area contributed by atoms with Gasteiger partial charge in [0.15, 0.2) is 0 Å². The van der Waals surface area contributed by atoms with Gasteiger partial charge in [-0.15, -0.1) is 0 Å². The van der Waals surface area contributed by atoms with Crippen molar-refractivity contribution < 1.29 is 19.1 Å². The molecule has 0 spiro atoms. The maximum absolute atomic E-state index is 11.6. The molecule has 0 unspecified atom stereocenters. The highest BCUT2D eigenvalue weighted by Crippen LogP contribution is 2.11. The van der Waals surface area contributed by atoms with Gasteiger partial charge in [-0.3, -0.25) is 9.59 Å². The molecule has 0 aromatic carbocycles. The Morgan fingerprint density at radius 2 is 1.90 bits per heavy atom. The quantitative estimate of drug-likeness (QED) is 0.587. The van der Waals surface area contributed by atoms with E-state index < -0.39 is 0 Å². The number of hydrogen-bond donors (Lipinski definition) is 3. The van der Waals surface area contributed by atoms with Crippen molar-refractivity contribution in [2.45, 2.75) is 25.8 Å². The molecule has 0 saturated carbocycles. The number of carbonyl (C=O) groups excluding carboxylic acids is 3. The van der Waals surface area contributed by atoms with Gasteiger partial charge in [0.05, 0.1) is 19.7 Å². The molecule has 1 aliphatic rings. The van der Waals surface area contributed by atoms with Crippen LogP contribution in [0.4, 0.5) is 4.79 Å². The number of amides is 3. The molecule has 3 amide bonds. The number of nitrogens with zero attached hydrogens (tertiary/aromatic N) is 1. The van der Waals surface area contributed by atoms with Crippen LogP contribution in [-0.2, 0) is 14.3 Å². The van der Waals surface area contributed by atoms with E-state index in [1.54, 1.807) is 11.8 Å². The van der Waals surface area contributed by atoms with E-state index in [1.807, 2.05) is 0 Å². The van der Waals surface area contributed by atoms with Gasteiger partial charge in [-0.05, 0) is 19.8 Å². The largest absolute Gasteiger partial charge is 0.450 e. The van der Waals surface area contributed by atoms with Gasteiger partial charge in [0.2, 0.25) is 11.8 Å². The summed E-state index contributed by atoms with van der Waals surface area (Å²) in [4.78, 5) is 35.6. The van der Waals surface area contributed by atoms with E-state index in [9.17, 15) is 14.4 Å². The average molecular weight is 286 g/mol. The second-order valence-corrected chi connectivity index (χ2v) is 4.51. The molecular weight excluding hydrogens is 264 g/mol. The standard InChI is InChI=1S/C12H22N4O4/c1-2-20-12(19)16-5-3-9(4-6-16)15-11(18)8-14-10(17)7-13/h9H,2-8,13H2,1H3,(H,14,17)(H,15,18). The van der Waals surface area contributed by atoms with Gasteiger partial charge in [-0.1, -0.05) is 0 Å². The molecule has 20 heavy (non-hydrogen) atoms. The molecule has 8 heteroatoms. The zero-order chi connectivity index (χ0) is 15.0. The second-order valence-electron chi connectivity index (χ2n) is 4.51. The molecule has 1 saturated heterocycles. The first-order valence-electron chi connectivity index (χ1n) is 6.74. The van der Waals surface area contributed by atoms with Crippen molar-refractivity contribution in [1.29, 1.82) is 0 Å². The fraction of sp³-hybridized carbons (Fsp3) is 0.750. The summed E-state index contributed by atoms with van der Waals surface area (Å²) in [5.74, 6) is -0.612. The molecule has 4 N–H and O–H groups in total. The number of ether oxygens (including phenoxy) is 1. The number of carbonyl (C=O) groups is 3. The third-order valence-corrected chi connectivity index (χ3v) is 3.02. The molecule has 0 bridgehead atoms. The van der Waals surface area contributed by atoms with Crippen LogP contribution in [0.2, 0.25) is 0 Å². The Morgan fingerprint density at radius 1 is 1.25 bits per heavy atom. The van der Waals surface area contributed by atoms with Gasteiger partial charge in [0.1, 0.15) is 0 Å². The van der Waals surface area contributed by atoms with Crippen molar-refractivity contribution in [3.05, 3.63) is 0 Å². The molecule has 1 rings (SSSR count). The van der Waals surface area contributed by atoms with Gasteiger partial charge in [-0.2, -0.15) is 0 Å². The summed E-state index contributed by atoms with van der Waals surface area (Å²) in [7, 11) is 0. The Kier molecular flexibility index (Phi) is 6.78. The van der Waals surface area contributed by atoms with Gasteiger partial charge < -0.3 is 26.0 Å². The first-order valence-corrected chi connectivity index (χ1v) is 6.74. The predicted octanol–water partition coefficient (Wildman–Crippen LogP) is -1.20. The fourth-order valence-electron chi connectivity index (χ4n) is 1.95. The van der Waals surface area contributed by atoms with Crippen LogP contribution >= 0.6 is 0 Å². The monoisotopic (exact) mass is 286 g/mol. The molecule has 8 nitrogen and oxygen atoms in total. The Labute approximate surface area is 118 Å². The first-order chi connectivity index (χ1) is 9.56. The Balaban J connectivity index is 2.23. The summed E-state index contributed by atoms with van der Waals surface area (Å²) in [6, 6.07) is 0.0166. The van der Waals surface area contributed by atoms with Gasteiger partial charge in [-0.25, -0.2) is 4.79 Å². The topological polar surface area (TPSA) is 114 Å². The summed E-state index contributed by atoms with van der Waals surface area (Å²) in [5, 5.41) is 5.22. The Hall–Kier alpha value is -1.83. The fourth-order valence-corrected chi connectivity index (χ4v) is 1.95. The molecule has 0 radical (unpaired) electrons. The molecule has 0 aromatic rings. The molecule has 1 aliphatic heterocycles. The number of nitrogens with one attached hydrogen (secondary N) is 2. The molecule has 0 aromatic heterocycles. The SMILES string of the molecule is CCOC(=O)N1CCC(NC(=O)CNC(=O)CN)CC1. The van der Waals surface area contributed by atoms with Gasteiger partial charge in [0.25, 0.3) is 0 Å². The van der Waals surface area contributed by atoms with Crippen LogP contribution in [0.1, 0.15) is 19.8 Å². The highest BCUT2D eigenvalue weighted by atomic mass is 16.6. The highest BCUT2D eigenvalue weighted by molar-refractivity contribution is 5.85. The minimum absolute atomic E-state index is 0.0166. The van der Waals surface area contributed by atoms with Crippen molar-refractivity contribution in [3.8, 4) is 0 Å². The second kappa shape index (κ2) is 8.36. The smallest absolute Gasteiger partial charge is 0.409 e.